The molecule has 3 N–H and O–H groups in total. The fraction of sp³-hybridized carbons (Fsp3) is 0.200. The molecule has 2 aromatic heterocycles. The summed E-state index contributed by atoms with van der Waals surface area (Å²) in [5.41, 5.74) is 2.17. The standard InChI is InChI=1S/C10H11N3O3S/c11-12-10(14)9-4-8(16-13-9)6-17-5-7-2-1-3-15-7/h1-4H,5-6,11H2,(H,12,14). The number of hydrogen-bond donors (Lipinski definition) is 2. The number of nitrogen functional groups attached to an aromatic ring is 1. The van der Waals surface area contributed by atoms with E-state index in [2.05, 4.69) is 5.16 Å². The average Bonchev–Trinajstić information content (AvgIpc) is 2.99. The van der Waals surface area contributed by atoms with Crippen molar-refractivity contribution in [2.75, 3.05) is 0 Å². The normalized spacial score (nSPS) is 10.4. The molecule has 1 amide bonds. The van der Waals surface area contributed by atoms with Gasteiger partial charge in [0, 0.05) is 6.07 Å². The summed E-state index contributed by atoms with van der Waals surface area (Å²) in [6.45, 7) is 0. The van der Waals surface area contributed by atoms with Crippen molar-refractivity contribution in [3.05, 3.63) is 41.7 Å². The van der Waals surface area contributed by atoms with Gasteiger partial charge in [0.2, 0.25) is 0 Å². The maximum atomic E-state index is 11.1. The smallest absolute Gasteiger partial charge is 0.287 e. The van der Waals surface area contributed by atoms with Gasteiger partial charge in [-0.05, 0) is 12.1 Å². The van der Waals surface area contributed by atoms with Crippen LogP contribution < -0.4 is 11.3 Å². The van der Waals surface area contributed by atoms with Crippen LogP contribution in [-0.4, -0.2) is 11.1 Å². The minimum Gasteiger partial charge on any atom is -0.468 e. The molecule has 0 aromatic carbocycles. The average molecular weight is 253 g/mol. The van der Waals surface area contributed by atoms with Gasteiger partial charge in [0.05, 0.1) is 17.8 Å². The second-order valence-corrected chi connectivity index (χ2v) is 4.21. The van der Waals surface area contributed by atoms with Crippen molar-refractivity contribution < 1.29 is 13.7 Å². The van der Waals surface area contributed by atoms with E-state index in [9.17, 15) is 4.79 Å². The topological polar surface area (TPSA) is 94.3 Å². The van der Waals surface area contributed by atoms with Crippen LogP contribution >= 0.6 is 11.8 Å². The lowest BCUT2D eigenvalue weighted by atomic mass is 10.4. The van der Waals surface area contributed by atoms with Crippen LogP contribution in [0.4, 0.5) is 0 Å². The van der Waals surface area contributed by atoms with Crippen LogP contribution in [0.2, 0.25) is 0 Å². The highest BCUT2D eigenvalue weighted by Gasteiger charge is 2.11. The first-order valence-corrected chi connectivity index (χ1v) is 6.01. The van der Waals surface area contributed by atoms with Gasteiger partial charge < -0.3 is 8.94 Å². The van der Waals surface area contributed by atoms with E-state index in [4.69, 9.17) is 14.8 Å². The minimum atomic E-state index is -0.462. The molecule has 0 radical (unpaired) electrons. The van der Waals surface area contributed by atoms with Crippen molar-refractivity contribution in [2.24, 2.45) is 5.84 Å². The van der Waals surface area contributed by atoms with Gasteiger partial charge in [0.15, 0.2) is 5.69 Å². The van der Waals surface area contributed by atoms with Crippen LogP contribution in [0.15, 0.2) is 33.4 Å². The van der Waals surface area contributed by atoms with Crippen molar-refractivity contribution in [3.8, 4) is 0 Å². The molecule has 0 fully saturated rings. The lowest BCUT2D eigenvalue weighted by molar-refractivity contribution is 0.0944. The van der Waals surface area contributed by atoms with Crippen LogP contribution in [0.25, 0.3) is 0 Å². The first-order chi connectivity index (χ1) is 8.29. The van der Waals surface area contributed by atoms with E-state index in [1.54, 1.807) is 24.1 Å². The summed E-state index contributed by atoms with van der Waals surface area (Å²) in [5, 5.41) is 3.60. The highest BCUT2D eigenvalue weighted by atomic mass is 32.2. The fourth-order valence-electron chi connectivity index (χ4n) is 1.21. The van der Waals surface area contributed by atoms with E-state index in [1.807, 2.05) is 17.6 Å². The van der Waals surface area contributed by atoms with Gasteiger partial charge in [0.25, 0.3) is 5.91 Å². The highest BCUT2D eigenvalue weighted by Crippen LogP contribution is 2.18. The van der Waals surface area contributed by atoms with E-state index in [0.29, 0.717) is 11.5 Å². The molecule has 0 aliphatic rings. The zero-order valence-electron chi connectivity index (χ0n) is 8.88. The molecule has 0 bridgehead atoms. The number of carbonyl (C=O) groups excluding carboxylic acids is 1. The van der Waals surface area contributed by atoms with E-state index in [0.717, 1.165) is 11.5 Å². The first-order valence-electron chi connectivity index (χ1n) is 4.86. The van der Waals surface area contributed by atoms with E-state index < -0.39 is 5.91 Å². The third-order valence-corrected chi connectivity index (χ3v) is 2.97. The summed E-state index contributed by atoms with van der Waals surface area (Å²) in [7, 11) is 0. The Morgan fingerprint density at radius 1 is 1.47 bits per heavy atom. The molecular formula is C10H11N3O3S. The second kappa shape index (κ2) is 5.55. The summed E-state index contributed by atoms with van der Waals surface area (Å²) in [5.74, 6) is 7.40. The molecule has 2 heterocycles. The van der Waals surface area contributed by atoms with Crippen molar-refractivity contribution in [3.63, 3.8) is 0 Å². The molecule has 0 aliphatic carbocycles. The summed E-state index contributed by atoms with van der Waals surface area (Å²) in [6, 6.07) is 5.31. The molecular weight excluding hydrogens is 242 g/mol. The molecule has 6 nitrogen and oxygen atoms in total. The lowest BCUT2D eigenvalue weighted by Crippen LogP contribution is -2.30. The third-order valence-electron chi connectivity index (χ3n) is 1.99. The Labute approximate surface area is 101 Å². The molecule has 90 valence electrons. The molecule has 0 aliphatic heterocycles. The number of hydrogen-bond acceptors (Lipinski definition) is 6. The van der Waals surface area contributed by atoms with Gasteiger partial charge in [-0.3, -0.25) is 10.2 Å². The predicted molar refractivity (Wildman–Crippen MR) is 61.9 cm³/mol. The van der Waals surface area contributed by atoms with Crippen LogP contribution in [0.3, 0.4) is 0 Å². The molecule has 0 atom stereocenters. The Hall–Kier alpha value is -1.73. The lowest BCUT2D eigenvalue weighted by Gasteiger charge is -1.94. The van der Waals surface area contributed by atoms with Crippen molar-refractivity contribution in [1.29, 1.82) is 0 Å². The fourth-order valence-corrected chi connectivity index (χ4v) is 2.01. The maximum absolute atomic E-state index is 11.1. The number of nitrogens with one attached hydrogen (secondary N) is 1. The Bertz CT molecular complexity index is 481. The highest BCUT2D eigenvalue weighted by molar-refractivity contribution is 7.97. The van der Waals surface area contributed by atoms with Gasteiger partial charge in [-0.2, -0.15) is 0 Å². The van der Waals surface area contributed by atoms with Gasteiger partial charge in [-0.15, -0.1) is 11.8 Å². The molecule has 2 aromatic rings. The number of nitrogens with zero attached hydrogens (tertiary/aromatic N) is 1. The molecule has 7 heteroatoms. The van der Waals surface area contributed by atoms with Crippen LogP contribution in [0, 0.1) is 0 Å². The SMILES string of the molecule is NNC(=O)c1cc(CSCc2ccco2)on1. The van der Waals surface area contributed by atoms with Crippen LogP contribution in [0.1, 0.15) is 22.0 Å². The Kier molecular flexibility index (Phi) is 3.84. The number of carbonyl (C=O) groups is 1. The Morgan fingerprint density at radius 3 is 3.00 bits per heavy atom. The summed E-state index contributed by atoms with van der Waals surface area (Å²) >= 11 is 1.61. The number of aromatic nitrogens is 1. The van der Waals surface area contributed by atoms with Crippen LogP contribution in [0.5, 0.6) is 0 Å². The minimum absolute atomic E-state index is 0.182. The van der Waals surface area contributed by atoms with Crippen molar-refractivity contribution in [2.45, 2.75) is 11.5 Å². The maximum Gasteiger partial charge on any atom is 0.287 e. The van der Waals surface area contributed by atoms with E-state index in [1.165, 1.54) is 0 Å². The predicted octanol–water partition coefficient (Wildman–Crippen LogP) is 1.30. The second-order valence-electron chi connectivity index (χ2n) is 3.22. The number of thioether (sulfide) groups is 1. The van der Waals surface area contributed by atoms with E-state index in [-0.39, 0.29) is 5.69 Å². The van der Waals surface area contributed by atoms with E-state index >= 15 is 0 Å². The summed E-state index contributed by atoms with van der Waals surface area (Å²) in [4.78, 5) is 11.1. The molecule has 0 saturated carbocycles. The van der Waals surface area contributed by atoms with Gasteiger partial charge in [-0.25, -0.2) is 5.84 Å². The molecule has 2 rings (SSSR count). The third kappa shape index (κ3) is 3.11. The van der Waals surface area contributed by atoms with Crippen LogP contribution in [-0.2, 0) is 11.5 Å². The summed E-state index contributed by atoms with van der Waals surface area (Å²) in [6.07, 6.45) is 1.63. The largest absolute Gasteiger partial charge is 0.468 e. The molecule has 0 spiro atoms. The number of nitrogens with two attached hydrogens (primary N) is 1. The number of hydrazine groups is 1. The number of amides is 1. The molecule has 0 saturated heterocycles. The Morgan fingerprint density at radius 2 is 2.29 bits per heavy atom. The first kappa shape index (κ1) is 11.7. The summed E-state index contributed by atoms with van der Waals surface area (Å²) < 4.78 is 10.2. The monoisotopic (exact) mass is 253 g/mol. The van der Waals surface area contributed by atoms with Gasteiger partial charge in [-0.1, -0.05) is 5.16 Å². The van der Waals surface area contributed by atoms with Gasteiger partial charge >= 0.3 is 0 Å². The van der Waals surface area contributed by atoms with Crippen molar-refractivity contribution in [1.82, 2.24) is 10.6 Å². The molecule has 17 heavy (non-hydrogen) atoms. The number of furan rings is 1. The zero-order chi connectivity index (χ0) is 12.1. The zero-order valence-corrected chi connectivity index (χ0v) is 9.70. The molecule has 0 unspecified atom stereocenters. The van der Waals surface area contributed by atoms with Crippen molar-refractivity contribution >= 4 is 17.7 Å². The van der Waals surface area contributed by atoms with Gasteiger partial charge in [0.1, 0.15) is 11.5 Å². The number of rotatable bonds is 5. The Balaban J connectivity index is 1.83. The quantitative estimate of drug-likeness (QED) is 0.474.